The second-order valence-electron chi connectivity index (χ2n) is 13.6. The summed E-state index contributed by atoms with van der Waals surface area (Å²) < 4.78 is 9.21. The van der Waals surface area contributed by atoms with Gasteiger partial charge in [0.05, 0.1) is 21.5 Å². The van der Waals surface area contributed by atoms with Crippen molar-refractivity contribution in [2.45, 2.75) is 5.41 Å². The molecule has 1 aliphatic heterocycles. The molecule has 0 atom stereocenters. The summed E-state index contributed by atoms with van der Waals surface area (Å²) >= 11 is 1.87. The summed E-state index contributed by atoms with van der Waals surface area (Å²) in [4.78, 5) is 2.49. The summed E-state index contributed by atoms with van der Waals surface area (Å²) in [5.74, 6) is 1.80. The summed E-state index contributed by atoms with van der Waals surface area (Å²) in [6.45, 7) is 0. The van der Waals surface area contributed by atoms with Gasteiger partial charge in [-0.1, -0.05) is 146 Å². The Labute approximate surface area is 306 Å². The molecule has 1 aliphatic carbocycles. The quantitative estimate of drug-likeness (QED) is 0.183. The Morgan fingerprint density at radius 1 is 0.423 bits per heavy atom. The number of anilines is 3. The number of nitrogens with zero attached hydrogens (tertiary/aromatic N) is 1. The highest BCUT2D eigenvalue weighted by atomic mass is 32.1. The van der Waals surface area contributed by atoms with Gasteiger partial charge in [-0.05, 0) is 70.3 Å². The molecule has 0 bridgehead atoms. The second kappa shape index (κ2) is 11.3. The van der Waals surface area contributed by atoms with Gasteiger partial charge in [0.1, 0.15) is 11.5 Å². The molecule has 52 heavy (non-hydrogen) atoms. The maximum Gasteiger partial charge on any atom is 0.132 e. The van der Waals surface area contributed by atoms with E-state index >= 15 is 0 Å². The standard InChI is InChI=1S/C49H31NOS/c1-2-15-32(16-3-1)34-17-5-10-24-43(34)50(44-25-14-20-38-37-19-6-13-28-47(37)52-48(38)44)33-29-30-36-35-18-4-7-21-39(35)49(42(36)31-33)40-22-8-11-26-45(40)51-46-27-12-9-23-41(46)49/h1-31H. The fourth-order valence-electron chi connectivity index (χ4n) is 8.83. The molecule has 0 saturated carbocycles. The van der Waals surface area contributed by atoms with E-state index in [1.54, 1.807) is 0 Å². The molecule has 3 heteroatoms. The topological polar surface area (TPSA) is 12.5 Å². The molecule has 2 heterocycles. The number of para-hydroxylation sites is 3. The lowest BCUT2D eigenvalue weighted by Crippen LogP contribution is -2.32. The predicted octanol–water partition coefficient (Wildman–Crippen LogP) is 13.7. The molecule has 0 amide bonds. The summed E-state index contributed by atoms with van der Waals surface area (Å²) in [5, 5.41) is 2.57. The van der Waals surface area contributed by atoms with Crippen LogP contribution >= 0.6 is 11.3 Å². The van der Waals surface area contributed by atoms with Crippen molar-refractivity contribution in [3.8, 4) is 33.8 Å². The van der Waals surface area contributed by atoms with Crippen LogP contribution in [0.5, 0.6) is 11.5 Å². The number of thiophene rings is 1. The molecule has 1 aromatic heterocycles. The third kappa shape index (κ3) is 4.06. The smallest absolute Gasteiger partial charge is 0.132 e. The van der Waals surface area contributed by atoms with E-state index in [1.165, 1.54) is 70.4 Å². The van der Waals surface area contributed by atoms with Crippen LogP contribution < -0.4 is 9.64 Å². The minimum absolute atomic E-state index is 0.554. The zero-order valence-electron chi connectivity index (χ0n) is 28.2. The third-order valence-corrected chi connectivity index (χ3v) is 12.2. The first-order chi connectivity index (χ1) is 25.8. The van der Waals surface area contributed by atoms with Crippen LogP contribution in [0, 0.1) is 0 Å². The Bertz CT molecular complexity index is 2810. The zero-order valence-corrected chi connectivity index (χ0v) is 29.0. The van der Waals surface area contributed by atoms with Crippen molar-refractivity contribution in [2.24, 2.45) is 0 Å². The number of fused-ring (bicyclic) bond motifs is 12. The van der Waals surface area contributed by atoms with Crippen LogP contribution in [0.3, 0.4) is 0 Å². The molecule has 0 N–H and O–H groups in total. The van der Waals surface area contributed by atoms with Crippen molar-refractivity contribution < 1.29 is 4.74 Å². The first kappa shape index (κ1) is 29.3. The van der Waals surface area contributed by atoms with Gasteiger partial charge in [0.25, 0.3) is 0 Å². The molecule has 9 aromatic rings. The van der Waals surface area contributed by atoms with Gasteiger partial charge in [-0.15, -0.1) is 11.3 Å². The predicted molar refractivity (Wildman–Crippen MR) is 217 cm³/mol. The monoisotopic (exact) mass is 681 g/mol. The van der Waals surface area contributed by atoms with Crippen molar-refractivity contribution in [1.82, 2.24) is 0 Å². The molecule has 2 aliphatic rings. The average Bonchev–Trinajstić information content (AvgIpc) is 3.73. The van der Waals surface area contributed by atoms with Crippen LogP contribution in [0.15, 0.2) is 188 Å². The molecule has 8 aromatic carbocycles. The fraction of sp³-hybridized carbons (Fsp3) is 0.0204. The van der Waals surface area contributed by atoms with E-state index in [4.69, 9.17) is 4.74 Å². The maximum atomic E-state index is 6.64. The number of hydrogen-bond donors (Lipinski definition) is 0. The van der Waals surface area contributed by atoms with Gasteiger partial charge in [0, 0.05) is 37.9 Å². The van der Waals surface area contributed by atoms with Gasteiger partial charge >= 0.3 is 0 Å². The number of ether oxygens (including phenoxy) is 1. The van der Waals surface area contributed by atoms with Gasteiger partial charge in [0.15, 0.2) is 0 Å². The van der Waals surface area contributed by atoms with E-state index in [0.29, 0.717) is 0 Å². The normalized spacial score (nSPS) is 13.3. The van der Waals surface area contributed by atoms with Crippen molar-refractivity contribution in [3.63, 3.8) is 0 Å². The Kier molecular flexibility index (Phi) is 6.37. The largest absolute Gasteiger partial charge is 0.457 e. The summed E-state index contributed by atoms with van der Waals surface area (Å²) in [5.41, 5.74) is 12.6. The van der Waals surface area contributed by atoms with Crippen LogP contribution in [-0.4, -0.2) is 0 Å². The highest BCUT2D eigenvalue weighted by Crippen LogP contribution is 2.63. The van der Waals surface area contributed by atoms with Gasteiger partial charge in [-0.2, -0.15) is 0 Å². The minimum Gasteiger partial charge on any atom is -0.457 e. The summed E-state index contributed by atoms with van der Waals surface area (Å²) in [6.07, 6.45) is 0. The molecule has 0 radical (unpaired) electrons. The van der Waals surface area contributed by atoms with Crippen molar-refractivity contribution in [3.05, 3.63) is 210 Å². The number of benzene rings is 8. The average molecular weight is 682 g/mol. The minimum atomic E-state index is -0.554. The Morgan fingerprint density at radius 3 is 1.83 bits per heavy atom. The number of rotatable bonds is 4. The summed E-state index contributed by atoms with van der Waals surface area (Å²) in [6, 6.07) is 68.4. The molecule has 0 unspecified atom stereocenters. The number of hydrogen-bond acceptors (Lipinski definition) is 3. The van der Waals surface area contributed by atoms with Crippen LogP contribution in [0.2, 0.25) is 0 Å². The van der Waals surface area contributed by atoms with Gasteiger partial charge in [0.2, 0.25) is 0 Å². The van der Waals surface area contributed by atoms with E-state index in [2.05, 4.69) is 193 Å². The molecule has 2 nitrogen and oxygen atoms in total. The first-order valence-corrected chi connectivity index (χ1v) is 18.6. The van der Waals surface area contributed by atoms with Crippen LogP contribution in [0.1, 0.15) is 22.3 Å². The van der Waals surface area contributed by atoms with E-state index in [-0.39, 0.29) is 0 Å². The Balaban J connectivity index is 1.24. The lowest BCUT2D eigenvalue weighted by Gasteiger charge is -2.39. The van der Waals surface area contributed by atoms with Crippen molar-refractivity contribution in [2.75, 3.05) is 4.90 Å². The lowest BCUT2D eigenvalue weighted by atomic mass is 9.66. The zero-order chi connectivity index (χ0) is 34.2. The van der Waals surface area contributed by atoms with Gasteiger partial charge in [-0.3, -0.25) is 0 Å². The SMILES string of the molecule is c1ccc(-c2ccccc2N(c2ccc3c(c2)C2(c4ccccc4Oc4ccccc42)c2ccccc2-3)c2cccc3c2sc2ccccc23)cc1. The molecule has 0 saturated heterocycles. The first-order valence-electron chi connectivity index (χ1n) is 17.8. The van der Waals surface area contributed by atoms with Crippen LogP contribution in [0.4, 0.5) is 17.1 Å². The molecular formula is C49H31NOS. The third-order valence-electron chi connectivity index (χ3n) is 10.9. The van der Waals surface area contributed by atoms with Gasteiger partial charge in [-0.25, -0.2) is 0 Å². The lowest BCUT2D eigenvalue weighted by molar-refractivity contribution is 0.436. The summed E-state index contributed by atoms with van der Waals surface area (Å²) in [7, 11) is 0. The molecule has 244 valence electrons. The van der Waals surface area contributed by atoms with Crippen LogP contribution in [-0.2, 0) is 5.41 Å². The van der Waals surface area contributed by atoms with E-state index in [9.17, 15) is 0 Å². The molecular weight excluding hydrogens is 651 g/mol. The van der Waals surface area contributed by atoms with Crippen molar-refractivity contribution in [1.29, 1.82) is 0 Å². The van der Waals surface area contributed by atoms with E-state index in [1.807, 2.05) is 11.3 Å². The molecule has 11 rings (SSSR count). The van der Waals surface area contributed by atoms with Gasteiger partial charge < -0.3 is 9.64 Å². The van der Waals surface area contributed by atoms with Crippen LogP contribution in [0.25, 0.3) is 42.4 Å². The molecule has 1 spiro atoms. The van der Waals surface area contributed by atoms with E-state index in [0.717, 1.165) is 22.9 Å². The fourth-order valence-corrected chi connectivity index (χ4v) is 10.0. The Morgan fingerprint density at radius 2 is 1.02 bits per heavy atom. The maximum absolute atomic E-state index is 6.64. The van der Waals surface area contributed by atoms with E-state index < -0.39 is 5.41 Å². The Hall–Kier alpha value is -6.42. The second-order valence-corrected chi connectivity index (χ2v) is 14.6. The highest BCUT2D eigenvalue weighted by molar-refractivity contribution is 7.26. The highest BCUT2D eigenvalue weighted by Gasteiger charge is 2.51. The van der Waals surface area contributed by atoms with Crippen molar-refractivity contribution >= 4 is 48.6 Å². The molecule has 0 fully saturated rings.